The van der Waals surface area contributed by atoms with Crippen molar-refractivity contribution in [2.75, 3.05) is 6.61 Å². The van der Waals surface area contributed by atoms with E-state index >= 15 is 0 Å². The number of aryl methyl sites for hydroxylation is 2. The molecular formula is C29H30N4O5. The van der Waals surface area contributed by atoms with Crippen LogP contribution in [0, 0.1) is 25.2 Å². The van der Waals surface area contributed by atoms with Crippen molar-refractivity contribution in [3.63, 3.8) is 0 Å². The lowest BCUT2D eigenvalue weighted by molar-refractivity contribution is -0.0523. The predicted octanol–water partition coefficient (Wildman–Crippen LogP) is 5.42. The van der Waals surface area contributed by atoms with Crippen molar-refractivity contribution >= 4 is 16.9 Å². The molecule has 2 atom stereocenters. The maximum Gasteiger partial charge on any atom is 0.352 e. The van der Waals surface area contributed by atoms with Crippen molar-refractivity contribution in [1.82, 2.24) is 14.5 Å². The van der Waals surface area contributed by atoms with Gasteiger partial charge in [0.1, 0.15) is 28.9 Å². The molecule has 1 saturated carbocycles. The third-order valence-electron chi connectivity index (χ3n) is 6.98. The van der Waals surface area contributed by atoms with Gasteiger partial charge in [-0.2, -0.15) is 5.26 Å². The van der Waals surface area contributed by atoms with Crippen molar-refractivity contribution in [3.8, 4) is 17.5 Å². The largest absolute Gasteiger partial charge is 0.477 e. The molecule has 0 amide bonds. The van der Waals surface area contributed by atoms with Gasteiger partial charge in [-0.05, 0) is 63.8 Å². The minimum atomic E-state index is -1.03. The second-order valence-electron chi connectivity index (χ2n) is 9.71. The average Bonchev–Trinajstić information content (AvgIpc) is 3.47. The van der Waals surface area contributed by atoms with Crippen molar-refractivity contribution in [2.45, 2.75) is 64.9 Å². The summed E-state index contributed by atoms with van der Waals surface area (Å²) < 4.78 is 20.0. The van der Waals surface area contributed by atoms with Crippen molar-refractivity contribution in [2.24, 2.45) is 0 Å². The highest BCUT2D eigenvalue weighted by atomic mass is 16.5. The first-order chi connectivity index (χ1) is 18.4. The van der Waals surface area contributed by atoms with E-state index in [1.165, 1.54) is 0 Å². The number of ether oxygens (including phenoxy) is 2. The zero-order chi connectivity index (χ0) is 26.6. The highest BCUT2D eigenvalue weighted by Crippen LogP contribution is 2.27. The molecule has 1 aromatic carbocycles. The number of nitriles is 1. The highest BCUT2D eigenvalue weighted by Gasteiger charge is 2.24. The zero-order valence-corrected chi connectivity index (χ0v) is 21.5. The minimum absolute atomic E-state index is 0.0356. The molecule has 0 aliphatic heterocycles. The van der Waals surface area contributed by atoms with Crippen LogP contribution in [0.25, 0.3) is 22.4 Å². The summed E-state index contributed by atoms with van der Waals surface area (Å²) in [5.41, 5.74) is 3.98. The molecule has 3 heterocycles. The van der Waals surface area contributed by atoms with Gasteiger partial charge < -0.3 is 23.6 Å². The molecule has 1 fully saturated rings. The molecule has 3 aromatic heterocycles. The van der Waals surface area contributed by atoms with E-state index in [9.17, 15) is 9.90 Å². The van der Waals surface area contributed by atoms with Gasteiger partial charge in [-0.3, -0.25) is 0 Å². The van der Waals surface area contributed by atoms with Gasteiger partial charge in [0.15, 0.2) is 0 Å². The monoisotopic (exact) mass is 514 g/mol. The Morgan fingerprint density at radius 3 is 2.79 bits per heavy atom. The standard InChI is InChI=1S/C29H30N4O5/c1-18-5-3-6-20(11-18)28-32-25(19(2)38-28)17-37-24-8-4-7-23(14-24)36-10-9-33-26(29(34)35)13-21-12-22(15-30)31-16-27(21)33/h3,5-6,11-13,16,23-24H,4,7-10,14,17H2,1-2H3,(H,34,35)/t23-,24+/m1/s1. The molecular weight excluding hydrogens is 484 g/mol. The third kappa shape index (κ3) is 5.62. The predicted molar refractivity (Wildman–Crippen MR) is 140 cm³/mol. The van der Waals surface area contributed by atoms with E-state index in [4.69, 9.17) is 19.2 Å². The van der Waals surface area contributed by atoms with E-state index in [0.29, 0.717) is 36.6 Å². The summed E-state index contributed by atoms with van der Waals surface area (Å²) in [6.45, 7) is 5.07. The van der Waals surface area contributed by atoms with E-state index in [-0.39, 0.29) is 23.6 Å². The molecule has 0 bridgehead atoms. The molecule has 38 heavy (non-hydrogen) atoms. The van der Waals surface area contributed by atoms with Crippen LogP contribution in [0.3, 0.4) is 0 Å². The van der Waals surface area contributed by atoms with Gasteiger partial charge >= 0.3 is 5.97 Å². The maximum atomic E-state index is 11.8. The van der Waals surface area contributed by atoms with Crippen molar-refractivity contribution in [3.05, 3.63) is 71.0 Å². The molecule has 9 heteroatoms. The van der Waals surface area contributed by atoms with Crippen LogP contribution in [0.4, 0.5) is 0 Å². The highest BCUT2D eigenvalue weighted by molar-refractivity contribution is 5.94. The fourth-order valence-corrected chi connectivity index (χ4v) is 5.01. The number of carboxylic acid groups (broad SMARTS) is 1. The smallest absolute Gasteiger partial charge is 0.352 e. The summed E-state index contributed by atoms with van der Waals surface area (Å²) in [7, 11) is 0. The maximum absolute atomic E-state index is 11.8. The summed E-state index contributed by atoms with van der Waals surface area (Å²) in [5.74, 6) is 0.334. The van der Waals surface area contributed by atoms with Crippen LogP contribution in [0.15, 0.2) is 47.0 Å². The van der Waals surface area contributed by atoms with Crippen LogP contribution in [0.5, 0.6) is 0 Å². The van der Waals surface area contributed by atoms with Gasteiger partial charge in [-0.25, -0.2) is 14.8 Å². The van der Waals surface area contributed by atoms with E-state index in [2.05, 4.69) is 16.0 Å². The quantitative estimate of drug-likeness (QED) is 0.314. The van der Waals surface area contributed by atoms with Gasteiger partial charge in [0.05, 0.1) is 37.1 Å². The number of aromatic carboxylic acids is 1. The summed E-state index contributed by atoms with van der Waals surface area (Å²) in [4.78, 5) is 20.5. The Hall–Kier alpha value is -4.00. The van der Waals surface area contributed by atoms with E-state index < -0.39 is 5.97 Å². The molecule has 0 saturated heterocycles. The Balaban J connectivity index is 1.16. The van der Waals surface area contributed by atoms with Gasteiger partial charge in [0.25, 0.3) is 0 Å². The van der Waals surface area contributed by atoms with Crippen LogP contribution >= 0.6 is 0 Å². The average molecular weight is 515 g/mol. The minimum Gasteiger partial charge on any atom is -0.477 e. The first-order valence-corrected chi connectivity index (χ1v) is 12.8. The summed E-state index contributed by atoms with van der Waals surface area (Å²) >= 11 is 0. The van der Waals surface area contributed by atoms with Crippen LogP contribution < -0.4 is 0 Å². The Kier molecular flexibility index (Phi) is 7.54. The zero-order valence-electron chi connectivity index (χ0n) is 21.5. The molecule has 0 spiro atoms. The number of fused-ring (bicyclic) bond motifs is 1. The Labute approximate surface area is 220 Å². The molecule has 0 radical (unpaired) electrons. The summed E-state index contributed by atoms with van der Waals surface area (Å²) in [6.07, 6.45) is 5.30. The first kappa shape index (κ1) is 25.6. The lowest BCUT2D eigenvalue weighted by Gasteiger charge is -2.29. The molecule has 9 nitrogen and oxygen atoms in total. The second kappa shape index (κ2) is 11.2. The molecule has 196 valence electrons. The fraction of sp³-hybridized carbons (Fsp3) is 0.379. The molecule has 5 rings (SSSR count). The number of benzene rings is 1. The van der Waals surface area contributed by atoms with Crippen molar-refractivity contribution < 1.29 is 23.8 Å². The Morgan fingerprint density at radius 1 is 1.21 bits per heavy atom. The first-order valence-electron chi connectivity index (χ1n) is 12.8. The number of carbonyl (C=O) groups is 1. The second-order valence-corrected chi connectivity index (χ2v) is 9.71. The van der Waals surface area contributed by atoms with Gasteiger partial charge in [0.2, 0.25) is 5.89 Å². The summed E-state index contributed by atoms with van der Waals surface area (Å²) in [6, 6.07) is 13.2. The lowest BCUT2D eigenvalue weighted by atomic mass is 9.95. The fourth-order valence-electron chi connectivity index (χ4n) is 5.01. The molecule has 1 aliphatic carbocycles. The van der Waals surface area contributed by atoms with Crippen LogP contribution in [-0.4, -0.2) is 44.4 Å². The van der Waals surface area contributed by atoms with Gasteiger partial charge in [-0.15, -0.1) is 0 Å². The lowest BCUT2D eigenvalue weighted by Crippen LogP contribution is -2.29. The van der Waals surface area contributed by atoms with E-state index in [1.54, 1.807) is 22.9 Å². The SMILES string of the molecule is Cc1cccc(-c2nc(CO[C@H]3CCC[C@@H](OCCn4c(C(=O)O)cc5cc(C#N)ncc54)C3)c(C)o2)c1. The molecule has 0 unspecified atom stereocenters. The molecule has 1 N–H and O–H groups in total. The normalized spacial score (nSPS) is 17.5. The van der Waals surface area contributed by atoms with Crippen LogP contribution in [0.1, 0.15) is 58.9 Å². The van der Waals surface area contributed by atoms with Gasteiger partial charge in [-0.1, -0.05) is 17.7 Å². The third-order valence-corrected chi connectivity index (χ3v) is 6.98. The van der Waals surface area contributed by atoms with Crippen molar-refractivity contribution in [1.29, 1.82) is 5.26 Å². The Morgan fingerprint density at radius 2 is 2.03 bits per heavy atom. The number of rotatable bonds is 9. The van der Waals surface area contributed by atoms with E-state index in [1.807, 2.05) is 38.1 Å². The number of oxazole rings is 1. The number of nitrogens with zero attached hydrogens (tertiary/aromatic N) is 4. The van der Waals surface area contributed by atoms with Gasteiger partial charge in [0, 0.05) is 17.5 Å². The van der Waals surface area contributed by atoms with E-state index in [0.717, 1.165) is 48.3 Å². The number of aromatic nitrogens is 3. The number of carboxylic acids is 1. The molecule has 4 aromatic rings. The molecule has 1 aliphatic rings. The summed E-state index contributed by atoms with van der Waals surface area (Å²) in [5, 5.41) is 19.4. The van der Waals surface area contributed by atoms with Crippen LogP contribution in [0.2, 0.25) is 0 Å². The topological polar surface area (TPSA) is 123 Å². The number of hydrogen-bond acceptors (Lipinski definition) is 7. The number of pyridine rings is 1. The Bertz CT molecular complexity index is 1500. The number of hydrogen-bond donors (Lipinski definition) is 1. The van der Waals surface area contributed by atoms with Crippen LogP contribution in [-0.2, 0) is 22.6 Å².